The fourth-order valence-electron chi connectivity index (χ4n) is 0.787. The zero-order chi connectivity index (χ0) is 10.6. The van der Waals surface area contributed by atoms with Gasteiger partial charge < -0.3 is 10.5 Å². The van der Waals surface area contributed by atoms with E-state index in [0.717, 1.165) is 12.0 Å². The number of nitrogens with zero attached hydrogens (tertiary/aromatic N) is 2. The average Bonchev–Trinajstić information content (AvgIpc) is 2.17. The minimum absolute atomic E-state index is 0.311. The zero-order valence-corrected chi connectivity index (χ0v) is 8.95. The summed E-state index contributed by atoms with van der Waals surface area (Å²) in [5.41, 5.74) is 6.62. The summed E-state index contributed by atoms with van der Waals surface area (Å²) >= 11 is 0. The summed E-state index contributed by atoms with van der Waals surface area (Å²) in [5.74, 6) is 0. The van der Waals surface area contributed by atoms with Crippen molar-refractivity contribution in [3.05, 3.63) is 18.0 Å². The molecule has 0 fully saturated rings. The molecule has 1 heterocycles. The van der Waals surface area contributed by atoms with E-state index in [1.807, 2.05) is 20.8 Å². The molecule has 0 spiro atoms. The van der Waals surface area contributed by atoms with Crippen molar-refractivity contribution < 1.29 is 4.74 Å². The quantitative estimate of drug-likeness (QED) is 0.786. The van der Waals surface area contributed by atoms with Crippen molar-refractivity contribution in [3.8, 4) is 6.01 Å². The van der Waals surface area contributed by atoms with E-state index in [1.54, 1.807) is 12.4 Å². The van der Waals surface area contributed by atoms with Gasteiger partial charge in [0.1, 0.15) is 6.61 Å². The van der Waals surface area contributed by atoms with Crippen LogP contribution in [0.3, 0.4) is 0 Å². The summed E-state index contributed by atoms with van der Waals surface area (Å²) in [6.45, 7) is 6.34. The Morgan fingerprint density at radius 1 is 1.43 bits per heavy atom. The van der Waals surface area contributed by atoms with Crippen molar-refractivity contribution in [2.45, 2.75) is 32.7 Å². The van der Waals surface area contributed by atoms with Crippen LogP contribution in [0.5, 0.6) is 6.01 Å². The smallest absolute Gasteiger partial charge is 0.316 e. The molecule has 1 aromatic rings. The number of hydrogen-bond donors (Lipinski definition) is 1. The Morgan fingerprint density at radius 2 is 2.00 bits per heavy atom. The van der Waals surface area contributed by atoms with Gasteiger partial charge >= 0.3 is 6.01 Å². The normalized spacial score (nSPS) is 14.9. The van der Waals surface area contributed by atoms with Gasteiger partial charge in [0.15, 0.2) is 0 Å². The summed E-state index contributed by atoms with van der Waals surface area (Å²) in [6, 6.07) is 0.390. The Balaban J connectivity index is 2.50. The fourth-order valence-corrected chi connectivity index (χ4v) is 0.787. The first-order valence-corrected chi connectivity index (χ1v) is 4.74. The van der Waals surface area contributed by atoms with Gasteiger partial charge in [-0.1, -0.05) is 6.92 Å². The van der Waals surface area contributed by atoms with Crippen molar-refractivity contribution in [2.24, 2.45) is 5.73 Å². The number of aromatic nitrogens is 2. The Labute approximate surface area is 84.5 Å². The van der Waals surface area contributed by atoms with Crippen LogP contribution in [0.25, 0.3) is 0 Å². The largest absolute Gasteiger partial charge is 0.462 e. The van der Waals surface area contributed by atoms with Gasteiger partial charge in [-0.05, 0) is 25.8 Å². The lowest BCUT2D eigenvalue weighted by atomic mass is 10.0. The summed E-state index contributed by atoms with van der Waals surface area (Å²) < 4.78 is 5.37. The van der Waals surface area contributed by atoms with Gasteiger partial charge in [-0.25, -0.2) is 9.97 Å². The van der Waals surface area contributed by atoms with Gasteiger partial charge in [0.05, 0.1) is 0 Å². The Bertz CT molecular complexity index is 282. The second kappa shape index (κ2) is 4.37. The van der Waals surface area contributed by atoms with Crippen LogP contribution in [0.15, 0.2) is 12.4 Å². The van der Waals surface area contributed by atoms with Crippen molar-refractivity contribution in [1.29, 1.82) is 0 Å². The van der Waals surface area contributed by atoms with Crippen LogP contribution >= 0.6 is 0 Å². The Hall–Kier alpha value is -1.16. The van der Waals surface area contributed by atoms with Gasteiger partial charge in [0.2, 0.25) is 0 Å². The molecule has 0 amide bonds. The van der Waals surface area contributed by atoms with Gasteiger partial charge in [-0.15, -0.1) is 0 Å². The van der Waals surface area contributed by atoms with Crippen LogP contribution in [0.1, 0.15) is 25.8 Å². The maximum Gasteiger partial charge on any atom is 0.316 e. The van der Waals surface area contributed by atoms with Gasteiger partial charge in [0, 0.05) is 17.9 Å². The SMILES string of the molecule is CCC(C)(N)COc1ncc(C)cn1. The second-order valence-corrected chi connectivity index (χ2v) is 3.84. The minimum atomic E-state index is -0.311. The van der Waals surface area contributed by atoms with Crippen LogP contribution in [0.2, 0.25) is 0 Å². The van der Waals surface area contributed by atoms with E-state index >= 15 is 0 Å². The van der Waals surface area contributed by atoms with Crippen LogP contribution in [0, 0.1) is 6.92 Å². The molecule has 1 unspecified atom stereocenters. The summed E-state index contributed by atoms with van der Waals surface area (Å²) in [4.78, 5) is 8.05. The monoisotopic (exact) mass is 195 g/mol. The van der Waals surface area contributed by atoms with Crippen molar-refractivity contribution in [1.82, 2.24) is 9.97 Å². The molecule has 14 heavy (non-hydrogen) atoms. The number of nitrogens with two attached hydrogens (primary N) is 1. The predicted molar refractivity (Wildman–Crippen MR) is 55.1 cm³/mol. The molecule has 0 aliphatic rings. The molecule has 0 aliphatic heterocycles. The topological polar surface area (TPSA) is 61.0 Å². The molecular weight excluding hydrogens is 178 g/mol. The number of aryl methyl sites for hydroxylation is 1. The third-order valence-corrected chi connectivity index (χ3v) is 2.10. The zero-order valence-electron chi connectivity index (χ0n) is 8.95. The van der Waals surface area contributed by atoms with Crippen LogP contribution in [-0.4, -0.2) is 22.1 Å². The standard InChI is InChI=1S/C10H17N3O/c1-4-10(3,11)7-14-9-12-5-8(2)6-13-9/h5-6H,4,7,11H2,1-3H3. The molecule has 1 aromatic heterocycles. The van der Waals surface area contributed by atoms with E-state index in [2.05, 4.69) is 9.97 Å². The second-order valence-electron chi connectivity index (χ2n) is 3.84. The van der Waals surface area contributed by atoms with Gasteiger partial charge in [-0.3, -0.25) is 0 Å². The first-order valence-electron chi connectivity index (χ1n) is 4.74. The molecule has 0 saturated carbocycles. The van der Waals surface area contributed by atoms with Gasteiger partial charge in [0.25, 0.3) is 0 Å². The molecule has 0 aromatic carbocycles. The minimum Gasteiger partial charge on any atom is -0.462 e. The van der Waals surface area contributed by atoms with Crippen LogP contribution in [0.4, 0.5) is 0 Å². The molecule has 0 radical (unpaired) electrons. The van der Waals surface area contributed by atoms with E-state index in [-0.39, 0.29) is 5.54 Å². The molecule has 1 rings (SSSR count). The number of hydrogen-bond acceptors (Lipinski definition) is 4. The summed E-state index contributed by atoms with van der Waals surface area (Å²) in [5, 5.41) is 0. The predicted octanol–water partition coefficient (Wildman–Crippen LogP) is 1.29. The number of ether oxygens (including phenoxy) is 1. The van der Waals surface area contributed by atoms with E-state index < -0.39 is 0 Å². The Morgan fingerprint density at radius 3 is 2.50 bits per heavy atom. The third-order valence-electron chi connectivity index (χ3n) is 2.10. The lowest BCUT2D eigenvalue weighted by molar-refractivity contribution is 0.210. The highest BCUT2D eigenvalue weighted by Crippen LogP contribution is 2.08. The lowest BCUT2D eigenvalue weighted by Gasteiger charge is -2.21. The van der Waals surface area contributed by atoms with Crippen molar-refractivity contribution >= 4 is 0 Å². The van der Waals surface area contributed by atoms with Crippen molar-refractivity contribution in [2.75, 3.05) is 6.61 Å². The maximum atomic E-state index is 5.91. The van der Waals surface area contributed by atoms with E-state index in [9.17, 15) is 0 Å². The first-order chi connectivity index (χ1) is 6.53. The number of rotatable bonds is 4. The lowest BCUT2D eigenvalue weighted by Crippen LogP contribution is -2.41. The maximum absolute atomic E-state index is 5.91. The van der Waals surface area contributed by atoms with Gasteiger partial charge in [-0.2, -0.15) is 0 Å². The fraction of sp³-hybridized carbons (Fsp3) is 0.600. The highest BCUT2D eigenvalue weighted by Gasteiger charge is 2.16. The molecule has 0 saturated heterocycles. The average molecular weight is 195 g/mol. The van der Waals surface area contributed by atoms with E-state index in [0.29, 0.717) is 12.6 Å². The first kappa shape index (κ1) is 10.9. The van der Waals surface area contributed by atoms with Crippen LogP contribution in [-0.2, 0) is 0 Å². The molecule has 4 nitrogen and oxygen atoms in total. The van der Waals surface area contributed by atoms with Crippen molar-refractivity contribution in [3.63, 3.8) is 0 Å². The third kappa shape index (κ3) is 3.30. The summed E-state index contributed by atoms with van der Waals surface area (Å²) in [7, 11) is 0. The molecular formula is C10H17N3O. The molecule has 2 N–H and O–H groups in total. The molecule has 4 heteroatoms. The Kier molecular flexibility index (Phi) is 3.41. The van der Waals surface area contributed by atoms with E-state index in [1.165, 1.54) is 0 Å². The highest BCUT2D eigenvalue weighted by atomic mass is 16.5. The van der Waals surface area contributed by atoms with E-state index in [4.69, 9.17) is 10.5 Å². The summed E-state index contributed by atoms with van der Waals surface area (Å²) in [6.07, 6.45) is 4.31. The highest BCUT2D eigenvalue weighted by molar-refractivity contribution is 5.04. The molecule has 1 atom stereocenters. The molecule has 78 valence electrons. The molecule has 0 bridgehead atoms. The molecule has 0 aliphatic carbocycles. The van der Waals surface area contributed by atoms with Crippen LogP contribution < -0.4 is 10.5 Å².